The van der Waals surface area contributed by atoms with Crippen LogP contribution < -0.4 is 0 Å². The first-order valence-corrected chi connectivity index (χ1v) is 4.23. The Kier molecular flexibility index (Phi) is 2.23. The molecule has 1 aromatic carbocycles. The molecule has 1 aliphatic rings. The smallest absolute Gasteiger partial charge is 0.150 e. The number of hydrogen-bond acceptors (Lipinski definition) is 2. The van der Waals surface area contributed by atoms with Gasteiger partial charge in [-0.05, 0) is 5.56 Å². The van der Waals surface area contributed by atoms with Crippen LogP contribution >= 0.6 is 0 Å². The number of benzene rings is 1. The lowest BCUT2D eigenvalue weighted by Crippen LogP contribution is -1.95. The van der Waals surface area contributed by atoms with Crippen molar-refractivity contribution in [3.63, 3.8) is 0 Å². The van der Waals surface area contributed by atoms with E-state index in [4.69, 9.17) is 4.74 Å². The molecule has 0 spiro atoms. The lowest BCUT2D eigenvalue weighted by molar-refractivity contribution is 0.112. The van der Waals surface area contributed by atoms with Crippen molar-refractivity contribution >= 4 is 6.29 Å². The van der Waals surface area contributed by atoms with Crippen LogP contribution in [0.3, 0.4) is 0 Å². The van der Waals surface area contributed by atoms with Gasteiger partial charge in [0.25, 0.3) is 0 Å². The topological polar surface area (TPSA) is 26.3 Å². The minimum absolute atomic E-state index is 0.0701. The van der Waals surface area contributed by atoms with Gasteiger partial charge in [0.1, 0.15) is 12.4 Å². The lowest BCUT2D eigenvalue weighted by Gasteiger charge is -2.07. The highest BCUT2D eigenvalue weighted by atomic mass is 16.5. The van der Waals surface area contributed by atoms with Crippen LogP contribution in [0.1, 0.15) is 22.0 Å². The molecule has 1 atom stereocenters. The molecule has 0 saturated heterocycles. The zero-order valence-electron chi connectivity index (χ0n) is 7.14. The van der Waals surface area contributed by atoms with E-state index in [0.717, 1.165) is 11.8 Å². The summed E-state index contributed by atoms with van der Waals surface area (Å²) in [4.78, 5) is 10.4. The van der Waals surface area contributed by atoms with E-state index in [1.807, 2.05) is 24.3 Å². The SMILES string of the molecule is O=Cc1ccc(C2C=CCO2)cc1. The van der Waals surface area contributed by atoms with Gasteiger partial charge in [-0.15, -0.1) is 0 Å². The number of rotatable bonds is 2. The Morgan fingerprint density at radius 1 is 1.31 bits per heavy atom. The largest absolute Gasteiger partial charge is 0.365 e. The van der Waals surface area contributed by atoms with Crippen LogP contribution in [0.25, 0.3) is 0 Å². The van der Waals surface area contributed by atoms with Gasteiger partial charge in [0.2, 0.25) is 0 Å². The maximum absolute atomic E-state index is 10.4. The molecule has 1 heterocycles. The molecule has 2 rings (SSSR count). The Morgan fingerprint density at radius 2 is 2.08 bits per heavy atom. The van der Waals surface area contributed by atoms with Crippen molar-refractivity contribution in [2.24, 2.45) is 0 Å². The van der Waals surface area contributed by atoms with Crippen LogP contribution in [-0.4, -0.2) is 12.9 Å². The molecule has 1 unspecified atom stereocenters. The second-order valence-corrected chi connectivity index (χ2v) is 2.97. The molecule has 0 amide bonds. The quantitative estimate of drug-likeness (QED) is 0.507. The first kappa shape index (κ1) is 8.20. The molecule has 0 fully saturated rings. The normalized spacial score (nSPS) is 20.5. The van der Waals surface area contributed by atoms with E-state index in [1.165, 1.54) is 0 Å². The zero-order valence-corrected chi connectivity index (χ0v) is 7.14. The summed E-state index contributed by atoms with van der Waals surface area (Å²) in [6, 6.07) is 7.45. The van der Waals surface area contributed by atoms with E-state index in [-0.39, 0.29) is 6.10 Å². The molecule has 0 aromatic heterocycles. The van der Waals surface area contributed by atoms with Crippen molar-refractivity contribution in [3.05, 3.63) is 47.5 Å². The third-order valence-corrected chi connectivity index (χ3v) is 2.08. The van der Waals surface area contributed by atoms with Crippen LogP contribution in [-0.2, 0) is 4.74 Å². The maximum atomic E-state index is 10.4. The summed E-state index contributed by atoms with van der Waals surface area (Å²) in [6.07, 6.45) is 4.93. The summed E-state index contributed by atoms with van der Waals surface area (Å²) in [6.45, 7) is 0.681. The van der Waals surface area contributed by atoms with Gasteiger partial charge in [-0.2, -0.15) is 0 Å². The van der Waals surface area contributed by atoms with Gasteiger partial charge >= 0.3 is 0 Å². The van der Waals surface area contributed by atoms with Crippen molar-refractivity contribution in [1.29, 1.82) is 0 Å². The Morgan fingerprint density at radius 3 is 2.62 bits per heavy atom. The van der Waals surface area contributed by atoms with Crippen LogP contribution in [0.2, 0.25) is 0 Å². The highest BCUT2D eigenvalue weighted by Crippen LogP contribution is 2.22. The van der Waals surface area contributed by atoms with Crippen molar-refractivity contribution in [3.8, 4) is 0 Å². The van der Waals surface area contributed by atoms with Gasteiger partial charge in [0.15, 0.2) is 0 Å². The van der Waals surface area contributed by atoms with E-state index in [9.17, 15) is 4.79 Å². The van der Waals surface area contributed by atoms with Gasteiger partial charge in [0, 0.05) is 5.56 Å². The number of ether oxygens (including phenoxy) is 1. The Balaban J connectivity index is 2.21. The summed E-state index contributed by atoms with van der Waals surface area (Å²) >= 11 is 0. The molecule has 2 heteroatoms. The second-order valence-electron chi connectivity index (χ2n) is 2.97. The van der Waals surface area contributed by atoms with Crippen LogP contribution in [0.4, 0.5) is 0 Å². The average molecular weight is 174 g/mol. The first-order chi connectivity index (χ1) is 6.40. The third kappa shape index (κ3) is 1.68. The van der Waals surface area contributed by atoms with E-state index in [1.54, 1.807) is 12.1 Å². The van der Waals surface area contributed by atoms with Crippen molar-refractivity contribution < 1.29 is 9.53 Å². The Bertz CT molecular complexity index is 324. The molecule has 0 aliphatic carbocycles. The highest BCUT2D eigenvalue weighted by molar-refractivity contribution is 5.74. The predicted molar refractivity (Wildman–Crippen MR) is 49.7 cm³/mol. The molecule has 0 N–H and O–H groups in total. The number of carbonyl (C=O) groups is 1. The van der Waals surface area contributed by atoms with Crippen LogP contribution in [0.5, 0.6) is 0 Å². The first-order valence-electron chi connectivity index (χ1n) is 4.23. The van der Waals surface area contributed by atoms with E-state index in [0.29, 0.717) is 12.2 Å². The summed E-state index contributed by atoms with van der Waals surface area (Å²) in [7, 11) is 0. The van der Waals surface area contributed by atoms with Gasteiger partial charge < -0.3 is 4.74 Å². The Hall–Kier alpha value is -1.41. The van der Waals surface area contributed by atoms with Gasteiger partial charge in [0.05, 0.1) is 6.61 Å². The third-order valence-electron chi connectivity index (χ3n) is 2.08. The second kappa shape index (κ2) is 3.54. The number of carbonyl (C=O) groups excluding carboxylic acids is 1. The monoisotopic (exact) mass is 174 g/mol. The fourth-order valence-electron chi connectivity index (χ4n) is 1.37. The molecule has 1 aliphatic heterocycles. The average Bonchev–Trinajstić information content (AvgIpc) is 2.71. The van der Waals surface area contributed by atoms with E-state index >= 15 is 0 Å². The van der Waals surface area contributed by atoms with Crippen LogP contribution in [0, 0.1) is 0 Å². The molecule has 2 nitrogen and oxygen atoms in total. The summed E-state index contributed by atoms with van der Waals surface area (Å²) in [5, 5.41) is 0. The van der Waals surface area contributed by atoms with E-state index < -0.39 is 0 Å². The van der Waals surface area contributed by atoms with Crippen molar-refractivity contribution in [2.75, 3.05) is 6.61 Å². The molecule has 13 heavy (non-hydrogen) atoms. The molecule has 66 valence electrons. The minimum atomic E-state index is 0.0701. The molecular weight excluding hydrogens is 164 g/mol. The fraction of sp³-hybridized carbons (Fsp3) is 0.182. The van der Waals surface area contributed by atoms with Gasteiger partial charge in [-0.3, -0.25) is 4.79 Å². The maximum Gasteiger partial charge on any atom is 0.150 e. The predicted octanol–water partition coefficient (Wildman–Crippen LogP) is 2.13. The molecular formula is C11H10O2. The van der Waals surface area contributed by atoms with Gasteiger partial charge in [-0.25, -0.2) is 0 Å². The Labute approximate surface area is 76.8 Å². The molecule has 0 saturated carbocycles. The fourth-order valence-corrected chi connectivity index (χ4v) is 1.37. The standard InChI is InChI=1S/C11H10O2/c12-8-9-3-5-10(6-4-9)11-2-1-7-13-11/h1-6,8,11H,7H2. The molecule has 0 radical (unpaired) electrons. The molecule has 1 aromatic rings. The lowest BCUT2D eigenvalue weighted by atomic mass is 10.1. The van der Waals surface area contributed by atoms with Gasteiger partial charge in [-0.1, -0.05) is 36.4 Å². The summed E-state index contributed by atoms with van der Waals surface area (Å²) in [5.41, 5.74) is 1.80. The van der Waals surface area contributed by atoms with Crippen LogP contribution in [0.15, 0.2) is 36.4 Å². The summed E-state index contributed by atoms with van der Waals surface area (Å²) in [5.74, 6) is 0. The van der Waals surface area contributed by atoms with E-state index in [2.05, 4.69) is 0 Å². The number of hydrogen-bond donors (Lipinski definition) is 0. The van der Waals surface area contributed by atoms with Crippen molar-refractivity contribution in [2.45, 2.75) is 6.10 Å². The number of aldehydes is 1. The minimum Gasteiger partial charge on any atom is -0.365 e. The van der Waals surface area contributed by atoms with Crippen molar-refractivity contribution in [1.82, 2.24) is 0 Å². The molecule has 0 bridgehead atoms. The summed E-state index contributed by atoms with van der Waals surface area (Å²) < 4.78 is 5.41. The zero-order chi connectivity index (χ0) is 9.10. The highest BCUT2D eigenvalue weighted by Gasteiger charge is 2.11.